The van der Waals surface area contributed by atoms with E-state index in [4.69, 9.17) is 32.7 Å². The van der Waals surface area contributed by atoms with E-state index in [0.717, 1.165) is 12.8 Å². The molecule has 4 rings (SSSR count). The molecule has 31 heavy (non-hydrogen) atoms. The standard InChI is InChI=1S/C21H22Cl2N2O5S/c22-16-4-5-18(23)19(13-16)31(27,28)24-17-3-1-2-15(12-17)20(26)25-8-6-14(7-9-25)21-29-10-11-30-21/h1-5,12-14,21,24H,6-11H2. The van der Waals surface area contributed by atoms with Gasteiger partial charge in [-0.1, -0.05) is 29.3 Å². The largest absolute Gasteiger partial charge is 0.350 e. The molecule has 2 heterocycles. The van der Waals surface area contributed by atoms with Crippen molar-refractivity contribution in [2.24, 2.45) is 5.92 Å². The maximum Gasteiger partial charge on any atom is 0.263 e. The van der Waals surface area contributed by atoms with E-state index in [1.165, 1.54) is 24.3 Å². The zero-order valence-corrected chi connectivity index (χ0v) is 18.9. The molecule has 0 aliphatic carbocycles. The molecule has 0 aromatic heterocycles. The Labute approximate surface area is 191 Å². The fourth-order valence-corrected chi connectivity index (χ4v) is 5.63. The Kier molecular flexibility index (Phi) is 6.74. The van der Waals surface area contributed by atoms with E-state index >= 15 is 0 Å². The van der Waals surface area contributed by atoms with Crippen molar-refractivity contribution >= 4 is 44.8 Å². The molecule has 1 amide bonds. The Balaban J connectivity index is 1.44. The van der Waals surface area contributed by atoms with Crippen LogP contribution in [0.5, 0.6) is 0 Å². The highest BCUT2D eigenvalue weighted by Crippen LogP contribution is 2.29. The average Bonchev–Trinajstić information content (AvgIpc) is 3.30. The molecule has 10 heteroatoms. The SMILES string of the molecule is O=C(c1cccc(NS(=O)(=O)c2cc(Cl)ccc2Cl)c1)N1CCC(C2OCCO2)CC1. The number of rotatable bonds is 5. The van der Waals surface area contributed by atoms with Gasteiger partial charge in [-0.3, -0.25) is 9.52 Å². The number of benzene rings is 2. The fourth-order valence-electron chi connectivity index (χ4n) is 3.82. The Morgan fingerprint density at radius 3 is 2.45 bits per heavy atom. The molecule has 1 N–H and O–H groups in total. The van der Waals surface area contributed by atoms with Gasteiger partial charge in [-0.15, -0.1) is 0 Å². The molecule has 166 valence electrons. The van der Waals surface area contributed by atoms with Crippen molar-refractivity contribution in [1.29, 1.82) is 0 Å². The third-order valence-electron chi connectivity index (χ3n) is 5.40. The lowest BCUT2D eigenvalue weighted by atomic mass is 9.95. The number of sulfonamides is 1. The molecular formula is C21H22Cl2N2O5S. The lowest BCUT2D eigenvalue weighted by Crippen LogP contribution is -2.41. The molecular weight excluding hydrogens is 463 g/mol. The Morgan fingerprint density at radius 1 is 1.03 bits per heavy atom. The third kappa shape index (κ3) is 5.15. The van der Waals surface area contributed by atoms with Gasteiger partial charge >= 0.3 is 0 Å². The smallest absolute Gasteiger partial charge is 0.263 e. The van der Waals surface area contributed by atoms with Crippen molar-refractivity contribution in [2.45, 2.75) is 24.0 Å². The molecule has 0 unspecified atom stereocenters. The first-order valence-corrected chi connectivity index (χ1v) is 12.2. The number of anilines is 1. The van der Waals surface area contributed by atoms with Crippen LogP contribution in [0.15, 0.2) is 47.4 Å². The van der Waals surface area contributed by atoms with Gasteiger partial charge in [-0.25, -0.2) is 8.42 Å². The second kappa shape index (κ2) is 9.34. The average molecular weight is 485 g/mol. The van der Waals surface area contributed by atoms with Gasteiger partial charge in [0.1, 0.15) is 4.90 Å². The second-order valence-electron chi connectivity index (χ2n) is 7.50. The first-order valence-electron chi connectivity index (χ1n) is 9.94. The lowest BCUT2D eigenvalue weighted by Gasteiger charge is -2.34. The summed E-state index contributed by atoms with van der Waals surface area (Å²) < 4.78 is 39.1. The molecule has 7 nitrogen and oxygen atoms in total. The predicted octanol–water partition coefficient (Wildman–Crippen LogP) is 4.02. The normalized spacial score (nSPS) is 18.3. The van der Waals surface area contributed by atoms with E-state index in [1.54, 1.807) is 23.1 Å². The van der Waals surface area contributed by atoms with Gasteiger partial charge in [0.05, 0.1) is 18.2 Å². The van der Waals surface area contributed by atoms with Gasteiger partial charge in [0.25, 0.3) is 15.9 Å². The summed E-state index contributed by atoms with van der Waals surface area (Å²) in [6.45, 7) is 2.43. The number of piperidine rings is 1. The minimum Gasteiger partial charge on any atom is -0.350 e. The Bertz CT molecular complexity index is 1070. The molecule has 2 saturated heterocycles. The molecule has 2 fully saturated rings. The van der Waals surface area contributed by atoms with Crippen molar-refractivity contribution in [1.82, 2.24) is 4.90 Å². The number of hydrogen-bond acceptors (Lipinski definition) is 5. The zero-order chi connectivity index (χ0) is 22.0. The van der Waals surface area contributed by atoms with Crippen LogP contribution in [0, 0.1) is 5.92 Å². The number of carbonyl (C=O) groups is 1. The van der Waals surface area contributed by atoms with Gasteiger partial charge in [0, 0.05) is 35.3 Å². The highest BCUT2D eigenvalue weighted by atomic mass is 35.5. The Morgan fingerprint density at radius 2 is 1.74 bits per heavy atom. The van der Waals surface area contributed by atoms with Crippen LogP contribution in [-0.4, -0.2) is 51.8 Å². The summed E-state index contributed by atoms with van der Waals surface area (Å²) in [6, 6.07) is 10.6. The van der Waals surface area contributed by atoms with Gasteiger partial charge in [-0.2, -0.15) is 0 Å². The van der Waals surface area contributed by atoms with Gasteiger partial charge in [-0.05, 0) is 49.2 Å². The predicted molar refractivity (Wildman–Crippen MR) is 118 cm³/mol. The van der Waals surface area contributed by atoms with E-state index in [0.29, 0.717) is 31.9 Å². The molecule has 0 saturated carbocycles. The Hall–Kier alpha value is -1.84. The summed E-state index contributed by atoms with van der Waals surface area (Å²) in [7, 11) is -3.97. The summed E-state index contributed by atoms with van der Waals surface area (Å²) in [5.74, 6) is 0.140. The molecule has 2 aliphatic heterocycles. The third-order valence-corrected chi connectivity index (χ3v) is 7.50. The van der Waals surface area contributed by atoms with Crippen LogP contribution in [0.4, 0.5) is 5.69 Å². The summed E-state index contributed by atoms with van der Waals surface area (Å²) in [6.07, 6.45) is 1.43. The summed E-state index contributed by atoms with van der Waals surface area (Å²) in [4.78, 5) is 14.6. The maximum absolute atomic E-state index is 13.0. The van der Waals surface area contributed by atoms with Crippen LogP contribution in [0.3, 0.4) is 0 Å². The molecule has 0 atom stereocenters. The highest BCUT2D eigenvalue weighted by Gasteiger charge is 2.32. The van der Waals surface area contributed by atoms with Crippen molar-refractivity contribution in [3.8, 4) is 0 Å². The van der Waals surface area contributed by atoms with Gasteiger partial charge in [0.2, 0.25) is 0 Å². The first kappa shape index (κ1) is 22.4. The molecule has 0 bridgehead atoms. The number of amides is 1. The number of hydrogen-bond donors (Lipinski definition) is 1. The monoisotopic (exact) mass is 484 g/mol. The molecule has 2 aliphatic rings. The van der Waals surface area contributed by atoms with E-state index < -0.39 is 10.0 Å². The van der Waals surface area contributed by atoms with E-state index in [9.17, 15) is 13.2 Å². The van der Waals surface area contributed by atoms with Gasteiger partial charge < -0.3 is 14.4 Å². The van der Waals surface area contributed by atoms with Crippen molar-refractivity contribution in [3.63, 3.8) is 0 Å². The van der Waals surface area contributed by atoms with Gasteiger partial charge in [0.15, 0.2) is 6.29 Å². The van der Waals surface area contributed by atoms with Crippen LogP contribution in [0.2, 0.25) is 10.0 Å². The fraction of sp³-hybridized carbons (Fsp3) is 0.381. The molecule has 0 radical (unpaired) electrons. The maximum atomic E-state index is 13.0. The minimum atomic E-state index is -3.97. The molecule has 0 spiro atoms. The van der Waals surface area contributed by atoms with Crippen molar-refractivity contribution in [3.05, 3.63) is 58.1 Å². The number of ether oxygens (including phenoxy) is 2. The first-order chi connectivity index (χ1) is 14.8. The molecule has 2 aromatic rings. The van der Waals surface area contributed by atoms with Crippen LogP contribution < -0.4 is 4.72 Å². The lowest BCUT2D eigenvalue weighted by molar-refractivity contribution is -0.0956. The van der Waals surface area contributed by atoms with Crippen LogP contribution >= 0.6 is 23.2 Å². The minimum absolute atomic E-state index is 0.0576. The topological polar surface area (TPSA) is 84.9 Å². The number of carbonyl (C=O) groups excluding carboxylic acids is 1. The van der Waals surface area contributed by atoms with Crippen molar-refractivity contribution < 1.29 is 22.7 Å². The summed E-state index contributed by atoms with van der Waals surface area (Å²) in [5, 5.41) is 0.313. The van der Waals surface area contributed by atoms with E-state index in [1.807, 2.05) is 0 Å². The number of halogens is 2. The second-order valence-corrected chi connectivity index (χ2v) is 10.00. The quantitative estimate of drug-likeness (QED) is 0.692. The number of nitrogens with one attached hydrogen (secondary N) is 1. The number of nitrogens with zero attached hydrogens (tertiary/aromatic N) is 1. The number of likely N-dealkylation sites (tertiary alicyclic amines) is 1. The van der Waals surface area contributed by atoms with Crippen LogP contribution in [-0.2, 0) is 19.5 Å². The van der Waals surface area contributed by atoms with Crippen LogP contribution in [0.25, 0.3) is 0 Å². The summed E-state index contributed by atoms with van der Waals surface area (Å²) >= 11 is 11.9. The van der Waals surface area contributed by atoms with E-state index in [2.05, 4.69) is 4.72 Å². The highest BCUT2D eigenvalue weighted by molar-refractivity contribution is 7.92. The van der Waals surface area contributed by atoms with E-state index in [-0.39, 0.29) is 38.7 Å². The van der Waals surface area contributed by atoms with Crippen molar-refractivity contribution in [2.75, 3.05) is 31.0 Å². The zero-order valence-electron chi connectivity index (χ0n) is 16.6. The summed E-state index contributed by atoms with van der Waals surface area (Å²) in [5.41, 5.74) is 0.675. The molecule has 2 aromatic carbocycles. The van der Waals surface area contributed by atoms with Crippen LogP contribution in [0.1, 0.15) is 23.2 Å².